The van der Waals surface area contributed by atoms with Gasteiger partial charge in [-0.05, 0) is 33.6 Å². The molecule has 2 N–H and O–H groups in total. The standard InChI is InChI=1S/C13H21N3O2/c1-8-12(13(17)16-10(3)14-8)9(2)15-11-4-6-18-7-5-11/h9,11,15H,4-7H2,1-3H3,(H,14,16,17). The van der Waals surface area contributed by atoms with Crippen molar-refractivity contribution in [2.24, 2.45) is 0 Å². The minimum Gasteiger partial charge on any atom is -0.381 e. The van der Waals surface area contributed by atoms with Crippen LogP contribution in [-0.2, 0) is 4.74 Å². The van der Waals surface area contributed by atoms with E-state index >= 15 is 0 Å². The molecule has 5 nitrogen and oxygen atoms in total. The molecule has 1 aliphatic rings. The molecular formula is C13H21N3O2. The van der Waals surface area contributed by atoms with E-state index in [0.717, 1.165) is 37.3 Å². The molecule has 100 valence electrons. The van der Waals surface area contributed by atoms with Crippen molar-refractivity contribution in [3.63, 3.8) is 0 Å². The van der Waals surface area contributed by atoms with Crippen LogP contribution in [0.25, 0.3) is 0 Å². The second kappa shape index (κ2) is 5.63. The average molecular weight is 251 g/mol. The predicted octanol–water partition coefficient (Wildman–Crippen LogP) is 1.22. The van der Waals surface area contributed by atoms with E-state index in [1.54, 1.807) is 6.92 Å². The number of aryl methyl sites for hydroxylation is 2. The van der Waals surface area contributed by atoms with Gasteiger partial charge in [0.1, 0.15) is 5.82 Å². The first-order valence-electron chi connectivity index (χ1n) is 6.49. The largest absolute Gasteiger partial charge is 0.381 e. The summed E-state index contributed by atoms with van der Waals surface area (Å²) in [6.07, 6.45) is 2.00. The molecule has 18 heavy (non-hydrogen) atoms. The molecule has 0 radical (unpaired) electrons. The zero-order chi connectivity index (χ0) is 13.1. The van der Waals surface area contributed by atoms with Crippen molar-refractivity contribution in [3.05, 3.63) is 27.4 Å². The lowest BCUT2D eigenvalue weighted by molar-refractivity contribution is 0.0754. The zero-order valence-electron chi connectivity index (χ0n) is 11.2. The van der Waals surface area contributed by atoms with Crippen molar-refractivity contribution in [1.29, 1.82) is 0 Å². The molecule has 1 atom stereocenters. The molecule has 0 spiro atoms. The Bertz CT molecular complexity index is 464. The molecule has 0 aromatic carbocycles. The summed E-state index contributed by atoms with van der Waals surface area (Å²) in [5.41, 5.74) is 1.52. The summed E-state index contributed by atoms with van der Waals surface area (Å²) in [7, 11) is 0. The highest BCUT2D eigenvalue weighted by Crippen LogP contribution is 2.15. The van der Waals surface area contributed by atoms with E-state index in [0.29, 0.717) is 11.9 Å². The molecule has 2 heterocycles. The van der Waals surface area contributed by atoms with Gasteiger partial charge < -0.3 is 15.0 Å². The van der Waals surface area contributed by atoms with Crippen LogP contribution >= 0.6 is 0 Å². The van der Waals surface area contributed by atoms with E-state index in [1.807, 2.05) is 13.8 Å². The van der Waals surface area contributed by atoms with Crippen LogP contribution in [0.4, 0.5) is 0 Å². The van der Waals surface area contributed by atoms with E-state index < -0.39 is 0 Å². The van der Waals surface area contributed by atoms with Gasteiger partial charge in [0.2, 0.25) is 0 Å². The number of hydrogen-bond donors (Lipinski definition) is 2. The Hall–Kier alpha value is -1.20. The molecule has 0 aliphatic carbocycles. The summed E-state index contributed by atoms with van der Waals surface area (Å²) in [4.78, 5) is 19.1. The van der Waals surface area contributed by atoms with Crippen molar-refractivity contribution in [2.45, 2.75) is 45.7 Å². The summed E-state index contributed by atoms with van der Waals surface area (Å²) in [6, 6.07) is 0.443. The predicted molar refractivity (Wildman–Crippen MR) is 69.7 cm³/mol. The lowest BCUT2D eigenvalue weighted by Gasteiger charge is -2.27. The third-order valence-electron chi connectivity index (χ3n) is 3.40. The van der Waals surface area contributed by atoms with Gasteiger partial charge in [-0.15, -0.1) is 0 Å². The third-order valence-corrected chi connectivity index (χ3v) is 3.40. The van der Waals surface area contributed by atoms with Crippen molar-refractivity contribution in [1.82, 2.24) is 15.3 Å². The van der Waals surface area contributed by atoms with E-state index in [-0.39, 0.29) is 11.6 Å². The highest BCUT2D eigenvalue weighted by molar-refractivity contribution is 5.20. The van der Waals surface area contributed by atoms with Gasteiger partial charge in [-0.1, -0.05) is 0 Å². The van der Waals surface area contributed by atoms with Gasteiger partial charge in [-0.3, -0.25) is 4.79 Å². The monoisotopic (exact) mass is 251 g/mol. The molecule has 0 bridgehead atoms. The number of H-pyrrole nitrogens is 1. The van der Waals surface area contributed by atoms with Crippen LogP contribution in [0.15, 0.2) is 4.79 Å². The second-order valence-corrected chi connectivity index (χ2v) is 4.93. The summed E-state index contributed by atoms with van der Waals surface area (Å²) in [6.45, 7) is 7.30. The van der Waals surface area contributed by atoms with Crippen LogP contribution in [0.3, 0.4) is 0 Å². The Labute approximate surface area is 107 Å². The van der Waals surface area contributed by atoms with Gasteiger partial charge in [-0.2, -0.15) is 0 Å². The number of hydrogen-bond acceptors (Lipinski definition) is 4. The number of rotatable bonds is 3. The van der Waals surface area contributed by atoms with Crippen LogP contribution in [0.1, 0.15) is 42.9 Å². The van der Waals surface area contributed by atoms with Gasteiger partial charge in [-0.25, -0.2) is 4.98 Å². The summed E-state index contributed by atoms with van der Waals surface area (Å²) in [5, 5.41) is 3.50. The number of nitrogens with one attached hydrogen (secondary N) is 2. The average Bonchev–Trinajstić information content (AvgIpc) is 2.28. The van der Waals surface area contributed by atoms with Crippen molar-refractivity contribution in [3.8, 4) is 0 Å². The van der Waals surface area contributed by atoms with Crippen LogP contribution in [0, 0.1) is 13.8 Å². The minimum atomic E-state index is -0.0351. The number of nitrogens with zero attached hydrogens (tertiary/aromatic N) is 1. The Morgan fingerprint density at radius 2 is 2.06 bits per heavy atom. The van der Waals surface area contributed by atoms with Crippen molar-refractivity contribution in [2.75, 3.05) is 13.2 Å². The Balaban J connectivity index is 2.13. The number of aromatic nitrogens is 2. The molecule has 1 unspecified atom stereocenters. The molecular weight excluding hydrogens is 230 g/mol. The van der Waals surface area contributed by atoms with Gasteiger partial charge in [0, 0.05) is 31.0 Å². The Morgan fingerprint density at radius 1 is 1.39 bits per heavy atom. The lowest BCUT2D eigenvalue weighted by atomic mass is 10.0. The van der Waals surface area contributed by atoms with Crippen LogP contribution in [0.2, 0.25) is 0 Å². The van der Waals surface area contributed by atoms with Crippen LogP contribution in [-0.4, -0.2) is 29.2 Å². The fourth-order valence-corrected chi connectivity index (χ4v) is 2.55. The fraction of sp³-hybridized carbons (Fsp3) is 0.692. The molecule has 1 aliphatic heterocycles. The zero-order valence-corrected chi connectivity index (χ0v) is 11.2. The van der Waals surface area contributed by atoms with Gasteiger partial charge in [0.05, 0.1) is 5.56 Å². The number of aromatic amines is 1. The molecule has 1 fully saturated rings. The van der Waals surface area contributed by atoms with Gasteiger partial charge in [0.25, 0.3) is 5.56 Å². The van der Waals surface area contributed by atoms with E-state index in [1.165, 1.54) is 0 Å². The lowest BCUT2D eigenvalue weighted by Crippen LogP contribution is -2.38. The Kier molecular flexibility index (Phi) is 4.14. The molecule has 1 aromatic heterocycles. The maximum absolute atomic E-state index is 12.0. The first-order valence-corrected chi connectivity index (χ1v) is 6.49. The maximum Gasteiger partial charge on any atom is 0.255 e. The van der Waals surface area contributed by atoms with E-state index in [9.17, 15) is 4.79 Å². The molecule has 0 saturated carbocycles. The fourth-order valence-electron chi connectivity index (χ4n) is 2.55. The van der Waals surface area contributed by atoms with E-state index in [2.05, 4.69) is 15.3 Å². The first-order chi connectivity index (χ1) is 8.58. The molecule has 1 saturated heterocycles. The van der Waals surface area contributed by atoms with E-state index in [4.69, 9.17) is 4.74 Å². The smallest absolute Gasteiger partial charge is 0.255 e. The van der Waals surface area contributed by atoms with Crippen LogP contribution < -0.4 is 10.9 Å². The SMILES string of the molecule is Cc1nc(C)c(C(C)NC2CCOCC2)c(=O)[nH]1. The third kappa shape index (κ3) is 2.97. The van der Waals surface area contributed by atoms with Gasteiger partial charge in [0.15, 0.2) is 0 Å². The highest BCUT2D eigenvalue weighted by Gasteiger charge is 2.20. The second-order valence-electron chi connectivity index (χ2n) is 4.93. The van der Waals surface area contributed by atoms with Crippen molar-refractivity contribution >= 4 is 0 Å². The molecule has 1 aromatic rings. The first kappa shape index (κ1) is 13.2. The normalized spacial score (nSPS) is 18.8. The van der Waals surface area contributed by atoms with Crippen molar-refractivity contribution < 1.29 is 4.74 Å². The number of ether oxygens (including phenoxy) is 1. The summed E-state index contributed by atoms with van der Waals surface area (Å²) in [5.74, 6) is 0.666. The Morgan fingerprint density at radius 3 is 2.67 bits per heavy atom. The molecule has 0 amide bonds. The highest BCUT2D eigenvalue weighted by atomic mass is 16.5. The molecule has 2 rings (SSSR count). The topological polar surface area (TPSA) is 67.0 Å². The summed E-state index contributed by atoms with van der Waals surface area (Å²) < 4.78 is 5.33. The van der Waals surface area contributed by atoms with Gasteiger partial charge >= 0.3 is 0 Å². The maximum atomic E-state index is 12.0. The quantitative estimate of drug-likeness (QED) is 0.847. The molecule has 5 heteroatoms. The summed E-state index contributed by atoms with van der Waals surface area (Å²) >= 11 is 0. The minimum absolute atomic E-state index is 0.0185. The van der Waals surface area contributed by atoms with Crippen LogP contribution in [0.5, 0.6) is 0 Å².